The summed E-state index contributed by atoms with van der Waals surface area (Å²) in [5, 5.41) is 0. The molecule has 26 heavy (non-hydrogen) atoms. The maximum Gasteiger partial charge on any atom is 0.181 e. The molecule has 0 aromatic carbocycles. The average Bonchev–Trinajstić information content (AvgIpc) is 2.65. The number of aryl methyl sites for hydroxylation is 4. The highest BCUT2D eigenvalue weighted by atomic mass is 14.9. The summed E-state index contributed by atoms with van der Waals surface area (Å²) >= 11 is 0. The minimum absolute atomic E-state index is 1.22. The molecule has 2 heterocycles. The zero-order chi connectivity index (χ0) is 18.5. The van der Waals surface area contributed by atoms with Crippen LogP contribution in [0.15, 0.2) is 48.8 Å². The highest BCUT2D eigenvalue weighted by Crippen LogP contribution is 2.12. The second-order valence-electron chi connectivity index (χ2n) is 7.64. The minimum Gasteiger partial charge on any atom is -0.205 e. The summed E-state index contributed by atoms with van der Waals surface area (Å²) in [6.07, 6.45) is 20.6. The van der Waals surface area contributed by atoms with E-state index in [0.717, 1.165) is 0 Å². The van der Waals surface area contributed by atoms with Gasteiger partial charge >= 0.3 is 0 Å². The van der Waals surface area contributed by atoms with Crippen LogP contribution in [-0.2, 0) is 26.9 Å². The molecule has 2 aromatic rings. The first-order chi connectivity index (χ1) is 12.8. The predicted octanol–water partition coefficient (Wildman–Crippen LogP) is 5.02. The highest BCUT2D eigenvalue weighted by Gasteiger charge is 2.04. The summed E-state index contributed by atoms with van der Waals surface area (Å²) in [4.78, 5) is 0. The Morgan fingerprint density at radius 1 is 0.500 bits per heavy atom. The van der Waals surface area contributed by atoms with Gasteiger partial charge in [-0.25, -0.2) is 9.13 Å². The van der Waals surface area contributed by atoms with Crippen LogP contribution in [-0.4, -0.2) is 0 Å². The van der Waals surface area contributed by atoms with Crippen LogP contribution in [0.1, 0.15) is 75.6 Å². The normalized spacial score (nSPS) is 11.0. The van der Waals surface area contributed by atoms with Gasteiger partial charge in [0.25, 0.3) is 0 Å². The third-order valence-corrected chi connectivity index (χ3v) is 5.44. The minimum atomic E-state index is 1.22. The fourth-order valence-corrected chi connectivity index (χ4v) is 3.66. The molecule has 142 valence electrons. The molecule has 0 amide bonds. The molecule has 2 heteroatoms. The topological polar surface area (TPSA) is 7.76 Å². The lowest BCUT2D eigenvalue weighted by Crippen LogP contribution is -2.32. The van der Waals surface area contributed by atoms with Crippen molar-refractivity contribution in [1.29, 1.82) is 0 Å². The van der Waals surface area contributed by atoms with E-state index < -0.39 is 0 Å². The Hall–Kier alpha value is -1.70. The van der Waals surface area contributed by atoms with Gasteiger partial charge in [-0.2, -0.15) is 0 Å². The van der Waals surface area contributed by atoms with Crippen molar-refractivity contribution in [3.63, 3.8) is 0 Å². The van der Waals surface area contributed by atoms with Gasteiger partial charge in [-0.15, -0.1) is 0 Å². The molecule has 0 radical (unpaired) electrons. The van der Waals surface area contributed by atoms with Crippen molar-refractivity contribution in [2.75, 3.05) is 0 Å². The number of hydrogen-bond donors (Lipinski definition) is 0. The Labute approximate surface area is 160 Å². The van der Waals surface area contributed by atoms with Gasteiger partial charge < -0.3 is 0 Å². The number of unbranched alkanes of at least 4 members (excludes halogenated alkanes) is 9. The maximum atomic E-state index is 2.25. The molecule has 0 unspecified atom stereocenters. The van der Waals surface area contributed by atoms with Gasteiger partial charge in [-0.05, 0) is 12.8 Å². The fraction of sp³-hybridized carbons (Fsp3) is 0.583. The van der Waals surface area contributed by atoms with Gasteiger partial charge in [0.1, 0.15) is 14.1 Å². The van der Waals surface area contributed by atoms with Crippen molar-refractivity contribution in [2.45, 2.75) is 77.0 Å². The summed E-state index contributed by atoms with van der Waals surface area (Å²) < 4.78 is 4.50. The smallest absolute Gasteiger partial charge is 0.181 e. The van der Waals surface area contributed by atoms with Gasteiger partial charge in [0.05, 0.1) is 0 Å². The maximum absolute atomic E-state index is 2.25. The molecule has 0 bridgehead atoms. The third kappa shape index (κ3) is 8.12. The number of nitrogens with zero attached hydrogens (tertiary/aromatic N) is 2. The first-order valence-corrected chi connectivity index (χ1v) is 10.6. The Kier molecular flexibility index (Phi) is 10.0. The van der Waals surface area contributed by atoms with Gasteiger partial charge in [-0.3, -0.25) is 0 Å². The van der Waals surface area contributed by atoms with Crippen molar-refractivity contribution >= 4 is 0 Å². The van der Waals surface area contributed by atoms with Crippen LogP contribution in [0.4, 0.5) is 0 Å². The first kappa shape index (κ1) is 20.6. The van der Waals surface area contributed by atoms with E-state index in [0.29, 0.717) is 0 Å². The van der Waals surface area contributed by atoms with Crippen molar-refractivity contribution in [2.24, 2.45) is 14.1 Å². The van der Waals surface area contributed by atoms with Crippen LogP contribution in [0.5, 0.6) is 0 Å². The van der Waals surface area contributed by atoms with E-state index >= 15 is 0 Å². The summed E-state index contributed by atoms with van der Waals surface area (Å²) in [5.74, 6) is 0. The Morgan fingerprint density at radius 3 is 1.19 bits per heavy atom. The molecule has 0 saturated carbocycles. The van der Waals surface area contributed by atoms with Crippen molar-refractivity contribution < 1.29 is 9.13 Å². The van der Waals surface area contributed by atoms with Crippen LogP contribution < -0.4 is 9.13 Å². The van der Waals surface area contributed by atoms with Gasteiger partial charge in [0.15, 0.2) is 23.8 Å². The molecular weight excluding hydrogens is 316 g/mol. The molecule has 0 aliphatic rings. The Morgan fingerprint density at radius 2 is 0.846 bits per heavy atom. The average molecular weight is 355 g/mol. The van der Waals surface area contributed by atoms with Crippen LogP contribution in [0, 0.1) is 0 Å². The second-order valence-corrected chi connectivity index (χ2v) is 7.64. The molecule has 2 rings (SSSR count). The fourth-order valence-electron chi connectivity index (χ4n) is 3.66. The molecule has 0 saturated heterocycles. The lowest BCUT2D eigenvalue weighted by atomic mass is 10.0. The SMILES string of the molecule is C[n+]1ccccc1CCCCCCCCCCCCc1cccc[n+]1C. The van der Waals surface area contributed by atoms with Gasteiger partial charge in [0.2, 0.25) is 0 Å². The number of aromatic nitrogens is 2. The summed E-state index contributed by atoms with van der Waals surface area (Å²) in [7, 11) is 4.30. The van der Waals surface area contributed by atoms with Crippen molar-refractivity contribution in [1.82, 2.24) is 0 Å². The van der Waals surface area contributed by atoms with E-state index in [-0.39, 0.29) is 0 Å². The molecule has 0 aliphatic heterocycles. The molecular formula is C24H38N2+2. The van der Waals surface area contributed by atoms with E-state index in [1.165, 1.54) is 88.4 Å². The molecule has 0 spiro atoms. The Balaban J connectivity index is 1.37. The van der Waals surface area contributed by atoms with Crippen LogP contribution in [0.25, 0.3) is 0 Å². The van der Waals surface area contributed by atoms with E-state index in [4.69, 9.17) is 0 Å². The second kappa shape index (κ2) is 12.6. The zero-order valence-electron chi connectivity index (χ0n) is 17.0. The molecule has 0 N–H and O–H groups in total. The van der Waals surface area contributed by atoms with Crippen LogP contribution in [0.2, 0.25) is 0 Å². The predicted molar refractivity (Wildman–Crippen MR) is 109 cm³/mol. The highest BCUT2D eigenvalue weighted by molar-refractivity contribution is 4.97. The van der Waals surface area contributed by atoms with Gasteiger partial charge in [-0.1, -0.05) is 63.5 Å². The summed E-state index contributed by atoms with van der Waals surface area (Å²) in [5.41, 5.74) is 2.91. The number of hydrogen-bond acceptors (Lipinski definition) is 0. The van der Waals surface area contributed by atoms with E-state index in [1.54, 1.807) is 0 Å². The molecule has 0 aliphatic carbocycles. The number of pyridine rings is 2. The molecule has 0 atom stereocenters. The van der Waals surface area contributed by atoms with Crippen molar-refractivity contribution in [3.05, 3.63) is 60.2 Å². The first-order valence-electron chi connectivity index (χ1n) is 10.6. The number of rotatable bonds is 13. The molecule has 2 nitrogen and oxygen atoms in total. The zero-order valence-corrected chi connectivity index (χ0v) is 17.0. The largest absolute Gasteiger partial charge is 0.205 e. The van der Waals surface area contributed by atoms with E-state index in [9.17, 15) is 0 Å². The summed E-state index contributed by atoms with van der Waals surface area (Å²) in [6, 6.07) is 13.0. The quantitative estimate of drug-likeness (QED) is 0.352. The monoisotopic (exact) mass is 354 g/mol. The van der Waals surface area contributed by atoms with Gasteiger partial charge in [0, 0.05) is 37.1 Å². The van der Waals surface area contributed by atoms with E-state index in [2.05, 4.69) is 72.0 Å². The lowest BCUT2D eigenvalue weighted by Gasteiger charge is -2.03. The lowest BCUT2D eigenvalue weighted by molar-refractivity contribution is -0.679. The Bertz CT molecular complexity index is 566. The molecule has 2 aromatic heterocycles. The standard InChI is InChI=1S/C24H38N2/c1-25-21-15-13-19-23(25)17-11-9-7-5-3-4-6-8-10-12-18-24-20-14-16-22-26(24)2/h13-16,19-22H,3-12,17-18H2,1-2H3/q+2. The summed E-state index contributed by atoms with van der Waals surface area (Å²) in [6.45, 7) is 0. The van der Waals surface area contributed by atoms with Crippen LogP contribution in [0.3, 0.4) is 0 Å². The van der Waals surface area contributed by atoms with Crippen molar-refractivity contribution in [3.8, 4) is 0 Å². The molecule has 0 fully saturated rings. The third-order valence-electron chi connectivity index (χ3n) is 5.44. The van der Waals surface area contributed by atoms with E-state index in [1.807, 2.05) is 0 Å². The van der Waals surface area contributed by atoms with Crippen LogP contribution >= 0.6 is 0 Å².